The molecule has 0 saturated heterocycles. The summed E-state index contributed by atoms with van der Waals surface area (Å²) in [5, 5.41) is 3.12. The first-order chi connectivity index (χ1) is 7.71. The van der Waals surface area contributed by atoms with Gasteiger partial charge in [-0.3, -0.25) is 0 Å². The van der Waals surface area contributed by atoms with Crippen LogP contribution in [-0.2, 0) is 0 Å². The Labute approximate surface area is 96.1 Å². The number of aromatic nitrogens is 3. The van der Waals surface area contributed by atoms with Crippen molar-refractivity contribution in [2.45, 2.75) is 20.3 Å². The van der Waals surface area contributed by atoms with Gasteiger partial charge in [0.2, 0.25) is 11.9 Å². The summed E-state index contributed by atoms with van der Waals surface area (Å²) in [6.45, 7) is 5.79. The number of ether oxygens (including phenoxy) is 1. The van der Waals surface area contributed by atoms with Gasteiger partial charge in [-0.05, 0) is 13.3 Å². The van der Waals surface area contributed by atoms with E-state index in [9.17, 15) is 0 Å². The van der Waals surface area contributed by atoms with Crippen molar-refractivity contribution in [3.63, 3.8) is 0 Å². The van der Waals surface area contributed by atoms with Gasteiger partial charge in [-0.15, -0.1) is 0 Å². The number of nitrogens with one attached hydrogen (secondary N) is 1. The minimum Gasteiger partial charge on any atom is -0.467 e. The van der Waals surface area contributed by atoms with E-state index in [1.807, 2.05) is 18.9 Å². The van der Waals surface area contributed by atoms with Crippen LogP contribution in [0.1, 0.15) is 20.3 Å². The summed E-state index contributed by atoms with van der Waals surface area (Å²) in [5.41, 5.74) is 0. The zero-order valence-electron chi connectivity index (χ0n) is 10.3. The molecule has 0 fully saturated rings. The van der Waals surface area contributed by atoms with Crippen molar-refractivity contribution in [1.29, 1.82) is 0 Å². The van der Waals surface area contributed by atoms with E-state index in [1.165, 1.54) is 0 Å². The van der Waals surface area contributed by atoms with Gasteiger partial charge in [-0.1, -0.05) is 6.92 Å². The Morgan fingerprint density at radius 1 is 1.25 bits per heavy atom. The van der Waals surface area contributed by atoms with E-state index in [1.54, 1.807) is 7.11 Å². The molecule has 0 aliphatic rings. The largest absolute Gasteiger partial charge is 0.467 e. The van der Waals surface area contributed by atoms with Crippen molar-refractivity contribution in [3.8, 4) is 6.01 Å². The number of hydrogen-bond donors (Lipinski definition) is 1. The van der Waals surface area contributed by atoms with Gasteiger partial charge in [0.25, 0.3) is 0 Å². The van der Waals surface area contributed by atoms with Crippen molar-refractivity contribution in [2.24, 2.45) is 0 Å². The molecule has 0 aliphatic heterocycles. The molecule has 0 spiro atoms. The van der Waals surface area contributed by atoms with Gasteiger partial charge in [0.05, 0.1) is 7.11 Å². The molecule has 0 saturated carbocycles. The highest BCUT2D eigenvalue weighted by Gasteiger charge is 2.08. The van der Waals surface area contributed by atoms with E-state index in [-0.39, 0.29) is 0 Å². The van der Waals surface area contributed by atoms with Crippen molar-refractivity contribution >= 4 is 11.9 Å². The van der Waals surface area contributed by atoms with Crippen LogP contribution in [0.5, 0.6) is 6.01 Å². The Balaban J connectivity index is 2.91. The average Bonchev–Trinajstić information content (AvgIpc) is 2.34. The molecule has 1 aromatic heterocycles. The van der Waals surface area contributed by atoms with Crippen molar-refractivity contribution in [2.75, 3.05) is 37.5 Å². The highest BCUT2D eigenvalue weighted by molar-refractivity contribution is 5.37. The zero-order chi connectivity index (χ0) is 12.0. The summed E-state index contributed by atoms with van der Waals surface area (Å²) in [5.74, 6) is 1.18. The summed E-state index contributed by atoms with van der Waals surface area (Å²) < 4.78 is 5.04. The normalized spacial score (nSPS) is 10.0. The van der Waals surface area contributed by atoms with Crippen molar-refractivity contribution < 1.29 is 4.74 Å². The van der Waals surface area contributed by atoms with Gasteiger partial charge in [0.15, 0.2) is 0 Å². The van der Waals surface area contributed by atoms with E-state index < -0.39 is 0 Å². The molecule has 1 heterocycles. The quantitative estimate of drug-likeness (QED) is 0.783. The fourth-order valence-electron chi connectivity index (χ4n) is 1.07. The molecule has 1 aromatic rings. The molecule has 0 unspecified atom stereocenters. The third-order valence-corrected chi connectivity index (χ3v) is 2.13. The van der Waals surface area contributed by atoms with Crippen LogP contribution in [0.25, 0.3) is 0 Å². The summed E-state index contributed by atoms with van der Waals surface area (Å²) >= 11 is 0. The Morgan fingerprint density at radius 2 is 2.00 bits per heavy atom. The first-order valence-corrected chi connectivity index (χ1v) is 5.46. The SMILES string of the molecule is CCCNc1nc(OC)nc(N(C)CC)n1. The summed E-state index contributed by atoms with van der Waals surface area (Å²) in [7, 11) is 3.48. The number of hydrogen-bond acceptors (Lipinski definition) is 6. The maximum Gasteiger partial charge on any atom is 0.322 e. The second-order valence-corrected chi connectivity index (χ2v) is 3.39. The number of anilines is 2. The van der Waals surface area contributed by atoms with Gasteiger partial charge in [0.1, 0.15) is 0 Å². The number of nitrogens with zero attached hydrogens (tertiary/aromatic N) is 4. The topological polar surface area (TPSA) is 63.2 Å². The lowest BCUT2D eigenvalue weighted by atomic mass is 10.5. The second kappa shape index (κ2) is 6.09. The molecule has 1 rings (SSSR count). The van der Waals surface area contributed by atoms with Crippen LogP contribution in [0.2, 0.25) is 0 Å². The third-order valence-electron chi connectivity index (χ3n) is 2.13. The minimum absolute atomic E-state index is 0.337. The van der Waals surface area contributed by atoms with Crippen LogP contribution in [0.3, 0.4) is 0 Å². The molecule has 6 nitrogen and oxygen atoms in total. The fourth-order valence-corrected chi connectivity index (χ4v) is 1.07. The molecular formula is C10H19N5O. The smallest absolute Gasteiger partial charge is 0.322 e. The maximum atomic E-state index is 5.04. The van der Waals surface area contributed by atoms with Crippen molar-refractivity contribution in [1.82, 2.24) is 15.0 Å². The number of rotatable bonds is 6. The fraction of sp³-hybridized carbons (Fsp3) is 0.700. The molecular weight excluding hydrogens is 206 g/mol. The van der Waals surface area contributed by atoms with Gasteiger partial charge in [0, 0.05) is 20.1 Å². The molecule has 90 valence electrons. The highest BCUT2D eigenvalue weighted by Crippen LogP contribution is 2.13. The molecule has 16 heavy (non-hydrogen) atoms. The first kappa shape index (κ1) is 12.5. The molecule has 0 radical (unpaired) electrons. The molecule has 0 aromatic carbocycles. The maximum absolute atomic E-state index is 5.04. The lowest BCUT2D eigenvalue weighted by Gasteiger charge is -2.15. The molecule has 0 atom stereocenters. The minimum atomic E-state index is 0.337. The summed E-state index contributed by atoms with van der Waals surface area (Å²) in [6.07, 6.45) is 1.02. The Kier molecular flexibility index (Phi) is 4.75. The van der Waals surface area contributed by atoms with Crippen LogP contribution in [-0.4, -0.2) is 42.2 Å². The summed E-state index contributed by atoms with van der Waals surface area (Å²) in [6, 6.07) is 0.337. The molecule has 6 heteroatoms. The standard InChI is InChI=1S/C10H19N5O/c1-5-7-11-8-12-9(15(3)6-2)14-10(13-8)16-4/h5-7H2,1-4H3,(H,11,12,13,14). The number of methoxy groups -OCH3 is 1. The molecule has 0 aliphatic carbocycles. The van der Waals surface area contributed by atoms with E-state index in [0.29, 0.717) is 17.9 Å². The van der Waals surface area contributed by atoms with Crippen LogP contribution in [0, 0.1) is 0 Å². The summed E-state index contributed by atoms with van der Waals surface area (Å²) in [4.78, 5) is 14.5. The Bertz CT molecular complexity index is 331. The predicted molar refractivity (Wildman–Crippen MR) is 64.1 cm³/mol. The van der Waals surface area contributed by atoms with E-state index in [4.69, 9.17) is 4.74 Å². The lowest BCUT2D eigenvalue weighted by molar-refractivity contribution is 0.379. The second-order valence-electron chi connectivity index (χ2n) is 3.39. The van der Waals surface area contributed by atoms with Gasteiger partial charge < -0.3 is 15.0 Å². The van der Waals surface area contributed by atoms with Crippen LogP contribution < -0.4 is 15.0 Å². The van der Waals surface area contributed by atoms with Crippen LogP contribution in [0.4, 0.5) is 11.9 Å². The van der Waals surface area contributed by atoms with E-state index in [2.05, 4.69) is 27.2 Å². The van der Waals surface area contributed by atoms with Gasteiger partial charge in [-0.25, -0.2) is 0 Å². The van der Waals surface area contributed by atoms with Crippen molar-refractivity contribution in [3.05, 3.63) is 0 Å². The first-order valence-electron chi connectivity index (χ1n) is 5.46. The molecule has 0 bridgehead atoms. The van der Waals surface area contributed by atoms with E-state index in [0.717, 1.165) is 19.5 Å². The van der Waals surface area contributed by atoms with Crippen LogP contribution in [0.15, 0.2) is 0 Å². The highest BCUT2D eigenvalue weighted by atomic mass is 16.5. The molecule has 1 N–H and O–H groups in total. The predicted octanol–water partition coefficient (Wildman–Crippen LogP) is 1.16. The van der Waals surface area contributed by atoms with Gasteiger partial charge >= 0.3 is 6.01 Å². The Morgan fingerprint density at radius 3 is 2.56 bits per heavy atom. The van der Waals surface area contributed by atoms with E-state index >= 15 is 0 Å². The molecule has 0 amide bonds. The van der Waals surface area contributed by atoms with Crippen LogP contribution >= 0.6 is 0 Å². The third kappa shape index (κ3) is 3.22. The lowest BCUT2D eigenvalue weighted by Crippen LogP contribution is -2.20. The monoisotopic (exact) mass is 225 g/mol. The average molecular weight is 225 g/mol. The van der Waals surface area contributed by atoms with Gasteiger partial charge in [-0.2, -0.15) is 15.0 Å². The zero-order valence-corrected chi connectivity index (χ0v) is 10.3. The Hall–Kier alpha value is -1.59.